The van der Waals surface area contributed by atoms with Crippen molar-refractivity contribution in [1.29, 1.82) is 0 Å². The van der Waals surface area contributed by atoms with Gasteiger partial charge in [-0.25, -0.2) is 4.57 Å². The number of rotatable bonds is 47. The monoisotopic (exact) mass is 882 g/mol. The molecule has 360 valence electrons. The molecule has 1 amide bonds. The minimum Gasteiger partial charge on any atom is -0.387 e. The van der Waals surface area contributed by atoms with Crippen molar-refractivity contribution in [1.82, 2.24) is 5.32 Å². The van der Waals surface area contributed by atoms with E-state index in [9.17, 15) is 19.4 Å². The summed E-state index contributed by atoms with van der Waals surface area (Å²) >= 11 is 0. The van der Waals surface area contributed by atoms with E-state index in [0.717, 1.165) is 51.4 Å². The van der Waals surface area contributed by atoms with Crippen LogP contribution in [0.4, 0.5) is 0 Å². The highest BCUT2D eigenvalue weighted by molar-refractivity contribution is 7.47. The molecule has 0 saturated heterocycles. The molecule has 3 unspecified atom stereocenters. The van der Waals surface area contributed by atoms with Gasteiger partial charge in [0.25, 0.3) is 0 Å². The number of phosphoric ester groups is 1. The third kappa shape index (κ3) is 46.5. The Morgan fingerprint density at radius 2 is 0.902 bits per heavy atom. The Kier molecular flexibility index (Phi) is 43.0. The Balaban J connectivity index is 4.37. The lowest BCUT2D eigenvalue weighted by Gasteiger charge is -2.25. The molecule has 9 heteroatoms. The third-order valence-electron chi connectivity index (χ3n) is 11.6. The number of allylic oxidation sites excluding steroid dienone is 5. The average Bonchev–Trinajstić information content (AvgIpc) is 3.21. The number of phosphoric acid groups is 1. The summed E-state index contributed by atoms with van der Waals surface area (Å²) in [6.45, 7) is 4.81. The van der Waals surface area contributed by atoms with Crippen LogP contribution in [-0.2, 0) is 18.4 Å². The lowest BCUT2D eigenvalue weighted by molar-refractivity contribution is -0.870. The van der Waals surface area contributed by atoms with Crippen LogP contribution in [0.2, 0.25) is 0 Å². The fourth-order valence-corrected chi connectivity index (χ4v) is 8.20. The van der Waals surface area contributed by atoms with Crippen LogP contribution < -0.4 is 5.32 Å². The predicted octanol–water partition coefficient (Wildman–Crippen LogP) is 15.0. The number of unbranched alkanes of at least 4 members (excludes halogenated alkanes) is 30. The zero-order valence-electron chi connectivity index (χ0n) is 40.9. The third-order valence-corrected chi connectivity index (χ3v) is 12.6. The fraction of sp³-hybridized carbons (Fsp3) is 0.865. The number of quaternary nitrogens is 1. The average molecular weight is 882 g/mol. The van der Waals surface area contributed by atoms with Gasteiger partial charge >= 0.3 is 7.82 Å². The standard InChI is InChI=1S/C52H101N2O6P/c1-6-8-10-12-14-16-18-20-22-24-26-27-28-29-31-33-35-37-39-41-43-45-51(55)50(49-60-61(57,58)59-48-47-54(3,4)5)53-52(56)46-44-42-40-38-36-34-32-30-25-23-21-19-17-15-13-11-9-7-2/h30,32,35,37,43,45,50-51,55H,6-29,31,33-34,36,38-42,44,46-49H2,1-5H3,(H-,53,56,57,58)/p+1/b32-30-,37-35+,45-43+. The number of carbonyl (C=O) groups excluding carboxylic acids is 1. The highest BCUT2D eigenvalue weighted by Crippen LogP contribution is 2.43. The van der Waals surface area contributed by atoms with E-state index < -0.39 is 20.0 Å². The molecule has 3 atom stereocenters. The van der Waals surface area contributed by atoms with Crippen molar-refractivity contribution in [3.63, 3.8) is 0 Å². The summed E-state index contributed by atoms with van der Waals surface area (Å²) in [6, 6.07) is -0.866. The van der Waals surface area contributed by atoms with Crippen molar-refractivity contribution in [2.75, 3.05) is 40.9 Å². The van der Waals surface area contributed by atoms with E-state index in [0.29, 0.717) is 17.4 Å². The molecule has 0 spiro atoms. The Labute approximate surface area is 378 Å². The second-order valence-electron chi connectivity index (χ2n) is 18.9. The molecule has 0 radical (unpaired) electrons. The van der Waals surface area contributed by atoms with Crippen molar-refractivity contribution in [3.8, 4) is 0 Å². The molecule has 0 aliphatic heterocycles. The zero-order valence-corrected chi connectivity index (χ0v) is 41.8. The molecule has 0 aromatic rings. The largest absolute Gasteiger partial charge is 0.472 e. The van der Waals surface area contributed by atoms with Crippen LogP contribution in [0.15, 0.2) is 36.5 Å². The molecule has 0 saturated carbocycles. The van der Waals surface area contributed by atoms with Crippen LogP contribution in [0.25, 0.3) is 0 Å². The van der Waals surface area contributed by atoms with Crippen molar-refractivity contribution in [2.45, 2.75) is 251 Å². The predicted molar refractivity (Wildman–Crippen MR) is 263 cm³/mol. The van der Waals surface area contributed by atoms with E-state index in [-0.39, 0.29) is 19.1 Å². The van der Waals surface area contributed by atoms with Crippen LogP contribution >= 0.6 is 7.82 Å². The summed E-state index contributed by atoms with van der Waals surface area (Å²) < 4.78 is 23.6. The summed E-state index contributed by atoms with van der Waals surface area (Å²) in [5, 5.41) is 13.9. The normalized spacial score (nSPS) is 14.4. The molecular formula is C52H102N2O6P+. The van der Waals surface area contributed by atoms with Gasteiger partial charge in [-0.3, -0.25) is 13.8 Å². The van der Waals surface area contributed by atoms with Crippen LogP contribution in [0, 0.1) is 0 Å². The van der Waals surface area contributed by atoms with Crippen LogP contribution in [-0.4, -0.2) is 73.4 Å². The summed E-state index contributed by atoms with van der Waals surface area (Å²) in [4.78, 5) is 23.2. The van der Waals surface area contributed by atoms with Gasteiger partial charge in [-0.2, -0.15) is 0 Å². The van der Waals surface area contributed by atoms with Gasteiger partial charge in [0.15, 0.2) is 0 Å². The molecule has 0 aromatic heterocycles. The van der Waals surface area contributed by atoms with E-state index in [1.165, 1.54) is 167 Å². The molecule has 0 aliphatic carbocycles. The van der Waals surface area contributed by atoms with Gasteiger partial charge in [0, 0.05) is 6.42 Å². The number of nitrogens with one attached hydrogen (secondary N) is 1. The molecule has 0 bridgehead atoms. The van der Waals surface area contributed by atoms with Gasteiger partial charge in [0.2, 0.25) is 5.91 Å². The number of nitrogens with zero attached hydrogens (tertiary/aromatic N) is 1. The maximum absolute atomic E-state index is 12.9. The second-order valence-corrected chi connectivity index (χ2v) is 20.3. The van der Waals surface area contributed by atoms with Gasteiger partial charge in [-0.05, 0) is 57.8 Å². The van der Waals surface area contributed by atoms with Gasteiger partial charge < -0.3 is 19.8 Å². The molecule has 0 aromatic carbocycles. The Hall–Kier alpha value is -1.28. The molecule has 0 fully saturated rings. The van der Waals surface area contributed by atoms with E-state index in [2.05, 4.69) is 43.5 Å². The Morgan fingerprint density at radius 1 is 0.541 bits per heavy atom. The highest BCUT2D eigenvalue weighted by atomic mass is 31.2. The number of likely N-dealkylation sites (N-methyl/N-ethyl adjacent to an activating group) is 1. The minimum atomic E-state index is -4.35. The number of carbonyl (C=O) groups is 1. The first-order chi connectivity index (χ1) is 29.5. The molecule has 0 heterocycles. The molecule has 61 heavy (non-hydrogen) atoms. The van der Waals surface area contributed by atoms with Crippen molar-refractivity contribution >= 4 is 13.7 Å². The summed E-state index contributed by atoms with van der Waals surface area (Å²) in [7, 11) is 1.55. The van der Waals surface area contributed by atoms with E-state index >= 15 is 0 Å². The maximum Gasteiger partial charge on any atom is 0.472 e. The number of aliphatic hydroxyl groups excluding tert-OH is 1. The van der Waals surface area contributed by atoms with Gasteiger partial charge in [-0.15, -0.1) is 0 Å². The summed E-state index contributed by atoms with van der Waals surface area (Å²) in [5.74, 6) is -0.194. The van der Waals surface area contributed by atoms with Gasteiger partial charge in [-0.1, -0.05) is 211 Å². The summed E-state index contributed by atoms with van der Waals surface area (Å²) in [6.07, 6.45) is 55.2. The quantitative estimate of drug-likeness (QED) is 0.0243. The number of aliphatic hydroxyl groups is 1. The second kappa shape index (κ2) is 43.9. The first-order valence-electron chi connectivity index (χ1n) is 25.9. The molecule has 8 nitrogen and oxygen atoms in total. The maximum atomic E-state index is 12.9. The first-order valence-corrected chi connectivity index (χ1v) is 27.4. The lowest BCUT2D eigenvalue weighted by Crippen LogP contribution is -2.45. The van der Waals surface area contributed by atoms with Crippen LogP contribution in [0.5, 0.6) is 0 Å². The number of hydrogen-bond donors (Lipinski definition) is 3. The van der Waals surface area contributed by atoms with Gasteiger partial charge in [0.1, 0.15) is 13.2 Å². The van der Waals surface area contributed by atoms with Crippen LogP contribution in [0.3, 0.4) is 0 Å². The van der Waals surface area contributed by atoms with E-state index in [4.69, 9.17) is 9.05 Å². The Morgan fingerprint density at radius 3 is 1.31 bits per heavy atom. The van der Waals surface area contributed by atoms with E-state index in [1.54, 1.807) is 6.08 Å². The molecule has 3 N–H and O–H groups in total. The Bertz CT molecular complexity index is 1090. The lowest BCUT2D eigenvalue weighted by atomic mass is 10.0. The smallest absolute Gasteiger partial charge is 0.387 e. The number of amides is 1. The van der Waals surface area contributed by atoms with E-state index in [1.807, 2.05) is 27.2 Å². The number of hydrogen-bond acceptors (Lipinski definition) is 5. The SMILES string of the molecule is CCCCCCCCCCC/C=C\CCCCCCCC(=O)NC(COP(=O)(O)OCC[N+](C)(C)C)C(O)/C=C/CC/C=C/CCCCCCCCCCCCCCCCC. The van der Waals surface area contributed by atoms with Crippen LogP contribution in [0.1, 0.15) is 239 Å². The minimum absolute atomic E-state index is 0.0549. The zero-order chi connectivity index (χ0) is 45.0. The molecule has 0 aliphatic rings. The highest BCUT2D eigenvalue weighted by Gasteiger charge is 2.27. The topological polar surface area (TPSA) is 105 Å². The molecule has 0 rings (SSSR count). The summed E-state index contributed by atoms with van der Waals surface area (Å²) in [5.41, 5.74) is 0. The van der Waals surface area contributed by atoms with Crippen molar-refractivity contribution in [3.05, 3.63) is 36.5 Å². The first kappa shape index (κ1) is 59.7. The van der Waals surface area contributed by atoms with Crippen molar-refractivity contribution in [2.24, 2.45) is 0 Å². The fourth-order valence-electron chi connectivity index (χ4n) is 7.46. The molecular weight excluding hydrogens is 780 g/mol. The van der Waals surface area contributed by atoms with Crippen molar-refractivity contribution < 1.29 is 32.9 Å². The van der Waals surface area contributed by atoms with Gasteiger partial charge in [0.05, 0.1) is 39.9 Å².